The average molecular weight is 251 g/mol. The van der Waals surface area contributed by atoms with E-state index >= 15 is 0 Å². The van der Waals surface area contributed by atoms with Gasteiger partial charge in [-0.2, -0.15) is 0 Å². The summed E-state index contributed by atoms with van der Waals surface area (Å²) in [5.74, 6) is 0.672. The molecule has 1 unspecified atom stereocenters. The molecule has 18 heavy (non-hydrogen) atoms. The first kappa shape index (κ1) is 14.4. The molecule has 1 amide bonds. The van der Waals surface area contributed by atoms with Crippen molar-refractivity contribution >= 4 is 5.91 Å². The molecule has 5 heteroatoms. The lowest BCUT2D eigenvalue weighted by Crippen LogP contribution is -2.21. The highest BCUT2D eigenvalue weighted by atomic mass is 16.5. The van der Waals surface area contributed by atoms with Gasteiger partial charge in [-0.1, -0.05) is 0 Å². The van der Waals surface area contributed by atoms with E-state index in [-0.39, 0.29) is 11.9 Å². The highest BCUT2D eigenvalue weighted by Gasteiger charge is 2.09. The molecule has 0 spiro atoms. The molecule has 0 aliphatic rings. The molecule has 100 valence electrons. The number of hydrogen-bond acceptors (Lipinski definition) is 4. The minimum atomic E-state index is -0.0381. The summed E-state index contributed by atoms with van der Waals surface area (Å²) >= 11 is 0. The number of carbonyl (C=O) groups is 1. The van der Waals surface area contributed by atoms with Crippen molar-refractivity contribution in [1.82, 2.24) is 10.3 Å². The zero-order valence-corrected chi connectivity index (χ0v) is 11.2. The second-order valence-corrected chi connectivity index (χ2v) is 4.35. The first-order valence-corrected chi connectivity index (χ1v) is 6.08. The number of hydrogen-bond donors (Lipinski definition) is 2. The maximum Gasteiger partial charge on any atom is 0.223 e. The summed E-state index contributed by atoms with van der Waals surface area (Å²) in [5, 5.41) is 2.55. The van der Waals surface area contributed by atoms with Gasteiger partial charge in [-0.25, -0.2) is 0 Å². The van der Waals surface area contributed by atoms with Crippen LogP contribution in [0.4, 0.5) is 0 Å². The van der Waals surface area contributed by atoms with Gasteiger partial charge in [0.05, 0.1) is 18.7 Å². The van der Waals surface area contributed by atoms with Crippen molar-refractivity contribution in [3.63, 3.8) is 0 Å². The van der Waals surface area contributed by atoms with Crippen LogP contribution in [-0.4, -0.2) is 30.6 Å². The normalized spacial score (nSPS) is 12.0. The van der Waals surface area contributed by atoms with Crippen LogP contribution in [-0.2, 0) is 11.2 Å². The molecule has 1 atom stereocenters. The molecule has 0 fully saturated rings. The van der Waals surface area contributed by atoms with Crippen molar-refractivity contribution in [2.45, 2.75) is 32.7 Å². The Bertz CT molecular complexity index is 405. The minimum absolute atomic E-state index is 0.0283. The predicted molar refractivity (Wildman–Crippen MR) is 70.5 cm³/mol. The SMILES string of the molecule is CNC(=O)CCOc1ccc(C)nc1CC(C)N. The molecule has 5 nitrogen and oxygen atoms in total. The zero-order chi connectivity index (χ0) is 13.5. The van der Waals surface area contributed by atoms with Crippen LogP contribution in [0.5, 0.6) is 5.75 Å². The fraction of sp³-hybridized carbons (Fsp3) is 0.538. The van der Waals surface area contributed by atoms with Crippen LogP contribution in [0.15, 0.2) is 12.1 Å². The van der Waals surface area contributed by atoms with Crippen LogP contribution in [0, 0.1) is 6.92 Å². The predicted octanol–water partition coefficient (Wildman–Crippen LogP) is 0.795. The Morgan fingerprint density at radius 3 is 2.89 bits per heavy atom. The Kier molecular flexibility index (Phi) is 5.58. The van der Waals surface area contributed by atoms with Gasteiger partial charge in [0.2, 0.25) is 5.91 Å². The minimum Gasteiger partial charge on any atom is -0.491 e. The number of amides is 1. The average Bonchev–Trinajstić information content (AvgIpc) is 2.31. The number of nitrogens with one attached hydrogen (secondary N) is 1. The number of pyridine rings is 1. The number of nitrogens with two attached hydrogens (primary N) is 1. The van der Waals surface area contributed by atoms with Gasteiger partial charge in [0.25, 0.3) is 0 Å². The van der Waals surface area contributed by atoms with E-state index in [4.69, 9.17) is 10.5 Å². The van der Waals surface area contributed by atoms with E-state index in [1.54, 1.807) is 7.05 Å². The summed E-state index contributed by atoms with van der Waals surface area (Å²) in [5.41, 5.74) is 7.57. The molecule has 1 rings (SSSR count). The van der Waals surface area contributed by atoms with Gasteiger partial charge in [0.15, 0.2) is 0 Å². The lowest BCUT2D eigenvalue weighted by atomic mass is 10.1. The van der Waals surface area contributed by atoms with Crippen molar-refractivity contribution in [2.75, 3.05) is 13.7 Å². The maximum absolute atomic E-state index is 11.1. The van der Waals surface area contributed by atoms with Crippen molar-refractivity contribution in [2.24, 2.45) is 5.73 Å². The van der Waals surface area contributed by atoms with Gasteiger partial charge >= 0.3 is 0 Å². The molecular weight excluding hydrogens is 230 g/mol. The fourth-order valence-electron chi connectivity index (χ4n) is 1.56. The van der Waals surface area contributed by atoms with Crippen LogP contribution in [0.1, 0.15) is 24.7 Å². The van der Waals surface area contributed by atoms with E-state index in [1.807, 2.05) is 26.0 Å². The standard InChI is InChI=1S/C13H21N3O2/c1-9(14)8-11-12(5-4-10(2)16-11)18-7-6-13(17)15-3/h4-5,9H,6-8,14H2,1-3H3,(H,15,17). The zero-order valence-electron chi connectivity index (χ0n) is 11.2. The number of rotatable bonds is 6. The smallest absolute Gasteiger partial charge is 0.223 e. The van der Waals surface area contributed by atoms with Gasteiger partial charge in [-0.3, -0.25) is 9.78 Å². The van der Waals surface area contributed by atoms with Crippen LogP contribution in [0.2, 0.25) is 0 Å². The molecule has 3 N–H and O–H groups in total. The second kappa shape index (κ2) is 6.96. The maximum atomic E-state index is 11.1. The summed E-state index contributed by atoms with van der Waals surface area (Å²) in [6, 6.07) is 3.80. The summed E-state index contributed by atoms with van der Waals surface area (Å²) in [6.07, 6.45) is 0.999. The fourth-order valence-corrected chi connectivity index (χ4v) is 1.56. The van der Waals surface area contributed by atoms with Crippen LogP contribution in [0.25, 0.3) is 0 Å². The molecule has 0 bridgehead atoms. The molecule has 0 saturated carbocycles. The molecule has 1 aromatic rings. The molecule has 0 aromatic carbocycles. The van der Waals surface area contributed by atoms with Crippen LogP contribution >= 0.6 is 0 Å². The highest BCUT2D eigenvalue weighted by molar-refractivity contribution is 5.75. The Morgan fingerprint density at radius 1 is 1.56 bits per heavy atom. The van der Waals surface area contributed by atoms with Crippen molar-refractivity contribution < 1.29 is 9.53 Å². The molecule has 0 saturated heterocycles. The van der Waals surface area contributed by atoms with Crippen molar-refractivity contribution in [3.8, 4) is 5.75 Å². The lowest BCUT2D eigenvalue weighted by Gasteiger charge is -2.12. The summed E-state index contributed by atoms with van der Waals surface area (Å²) in [6.45, 7) is 4.20. The summed E-state index contributed by atoms with van der Waals surface area (Å²) in [7, 11) is 1.61. The van der Waals surface area contributed by atoms with Gasteiger partial charge in [0, 0.05) is 25.2 Å². The lowest BCUT2D eigenvalue weighted by molar-refractivity contribution is -0.121. The largest absolute Gasteiger partial charge is 0.491 e. The molecule has 1 heterocycles. The second-order valence-electron chi connectivity index (χ2n) is 4.35. The van der Waals surface area contributed by atoms with Crippen LogP contribution in [0.3, 0.4) is 0 Å². The van der Waals surface area contributed by atoms with E-state index < -0.39 is 0 Å². The molecular formula is C13H21N3O2. The van der Waals surface area contributed by atoms with E-state index in [0.717, 1.165) is 11.4 Å². The van der Waals surface area contributed by atoms with Gasteiger partial charge in [0.1, 0.15) is 5.75 Å². The van der Waals surface area contributed by atoms with Crippen molar-refractivity contribution in [1.29, 1.82) is 0 Å². The Hall–Kier alpha value is -1.62. The Morgan fingerprint density at radius 2 is 2.28 bits per heavy atom. The third-order valence-corrected chi connectivity index (χ3v) is 2.45. The topological polar surface area (TPSA) is 77.2 Å². The number of ether oxygens (including phenoxy) is 1. The monoisotopic (exact) mass is 251 g/mol. The highest BCUT2D eigenvalue weighted by Crippen LogP contribution is 2.18. The summed E-state index contributed by atoms with van der Waals surface area (Å²) < 4.78 is 5.59. The van der Waals surface area contributed by atoms with Crippen LogP contribution < -0.4 is 15.8 Å². The van der Waals surface area contributed by atoms with Gasteiger partial charge in [-0.05, 0) is 26.0 Å². The number of carbonyl (C=O) groups excluding carboxylic acids is 1. The first-order chi connectivity index (χ1) is 8.52. The third-order valence-electron chi connectivity index (χ3n) is 2.45. The first-order valence-electron chi connectivity index (χ1n) is 6.08. The number of aromatic nitrogens is 1. The Balaban J connectivity index is 2.66. The van der Waals surface area contributed by atoms with E-state index in [2.05, 4.69) is 10.3 Å². The molecule has 0 radical (unpaired) electrons. The molecule has 0 aliphatic carbocycles. The Labute approximate surface area is 108 Å². The van der Waals surface area contributed by atoms with E-state index in [0.29, 0.717) is 25.2 Å². The number of aryl methyl sites for hydroxylation is 1. The van der Waals surface area contributed by atoms with Gasteiger partial charge in [-0.15, -0.1) is 0 Å². The van der Waals surface area contributed by atoms with Crippen molar-refractivity contribution in [3.05, 3.63) is 23.5 Å². The third kappa shape index (κ3) is 4.71. The van der Waals surface area contributed by atoms with E-state index in [9.17, 15) is 4.79 Å². The quantitative estimate of drug-likeness (QED) is 0.784. The molecule has 1 aromatic heterocycles. The number of nitrogens with zero attached hydrogens (tertiary/aromatic N) is 1. The van der Waals surface area contributed by atoms with E-state index in [1.165, 1.54) is 0 Å². The van der Waals surface area contributed by atoms with Gasteiger partial charge < -0.3 is 15.8 Å². The molecule has 0 aliphatic heterocycles. The summed E-state index contributed by atoms with van der Waals surface area (Å²) in [4.78, 5) is 15.5.